The maximum atomic E-state index is 11.7. The number of carbonyl (C=O) groups is 1. The molecule has 0 aliphatic carbocycles. The number of hydrogen-bond donors (Lipinski definition) is 2. The van der Waals surface area contributed by atoms with E-state index in [4.69, 9.17) is 16.3 Å². The lowest BCUT2D eigenvalue weighted by atomic mass is 10.2. The molecule has 0 aliphatic heterocycles. The molecule has 0 saturated heterocycles. The minimum Gasteiger partial charge on any atom is -0.444 e. The van der Waals surface area contributed by atoms with E-state index in [1.165, 1.54) is 0 Å². The predicted molar refractivity (Wildman–Crippen MR) is 94.3 cm³/mol. The van der Waals surface area contributed by atoms with Gasteiger partial charge in [0.2, 0.25) is 0 Å². The highest BCUT2D eigenvalue weighted by molar-refractivity contribution is 9.10. The normalized spacial score (nSPS) is 12.8. The second kappa shape index (κ2) is 8.75. The van der Waals surface area contributed by atoms with Crippen molar-refractivity contribution in [3.63, 3.8) is 0 Å². The smallest absolute Gasteiger partial charge is 0.407 e. The van der Waals surface area contributed by atoms with Crippen molar-refractivity contribution in [3.8, 4) is 0 Å². The van der Waals surface area contributed by atoms with Gasteiger partial charge in [0, 0.05) is 28.6 Å². The lowest BCUT2D eigenvalue weighted by Gasteiger charge is -2.22. The van der Waals surface area contributed by atoms with Crippen molar-refractivity contribution in [3.05, 3.63) is 33.3 Å². The predicted octanol–water partition coefficient (Wildman–Crippen LogP) is 4.50. The number of alkyl carbamates (subject to hydrolysis) is 1. The van der Waals surface area contributed by atoms with Gasteiger partial charge < -0.3 is 15.4 Å². The van der Waals surface area contributed by atoms with Gasteiger partial charge in [0.25, 0.3) is 0 Å². The Hall–Kier alpha value is -0.780. The van der Waals surface area contributed by atoms with Gasteiger partial charge in [-0.1, -0.05) is 40.5 Å². The SMILES string of the molecule is CCC(CNC(=O)OC(C)(C)C)NCc1ccc(Br)cc1Cl. The first-order chi connectivity index (χ1) is 10.2. The summed E-state index contributed by atoms with van der Waals surface area (Å²) in [6.07, 6.45) is 0.499. The minimum absolute atomic E-state index is 0.159. The molecule has 22 heavy (non-hydrogen) atoms. The number of ether oxygens (including phenoxy) is 1. The lowest BCUT2D eigenvalue weighted by molar-refractivity contribution is 0.0522. The minimum atomic E-state index is -0.482. The molecule has 1 atom stereocenters. The Morgan fingerprint density at radius 2 is 2.09 bits per heavy atom. The molecule has 0 radical (unpaired) electrons. The Morgan fingerprint density at radius 1 is 1.41 bits per heavy atom. The van der Waals surface area contributed by atoms with Gasteiger partial charge in [-0.15, -0.1) is 0 Å². The highest BCUT2D eigenvalue weighted by Crippen LogP contribution is 2.21. The van der Waals surface area contributed by atoms with E-state index in [1.807, 2.05) is 39.0 Å². The fourth-order valence-electron chi connectivity index (χ4n) is 1.80. The summed E-state index contributed by atoms with van der Waals surface area (Å²) in [5.41, 5.74) is 0.546. The fraction of sp³-hybridized carbons (Fsp3) is 0.562. The first-order valence-electron chi connectivity index (χ1n) is 7.35. The second-order valence-corrected chi connectivity index (χ2v) is 7.43. The molecule has 0 fully saturated rings. The third-order valence-electron chi connectivity index (χ3n) is 2.98. The van der Waals surface area contributed by atoms with Gasteiger partial charge in [-0.05, 0) is 44.9 Å². The Morgan fingerprint density at radius 3 is 2.64 bits per heavy atom. The van der Waals surface area contributed by atoms with Crippen molar-refractivity contribution in [1.29, 1.82) is 0 Å². The van der Waals surface area contributed by atoms with Crippen molar-refractivity contribution in [1.82, 2.24) is 10.6 Å². The van der Waals surface area contributed by atoms with Gasteiger partial charge in [-0.3, -0.25) is 0 Å². The first-order valence-corrected chi connectivity index (χ1v) is 8.52. The summed E-state index contributed by atoms with van der Waals surface area (Å²) in [5, 5.41) is 6.90. The molecule has 1 rings (SSSR count). The van der Waals surface area contributed by atoms with E-state index in [-0.39, 0.29) is 6.04 Å². The molecule has 0 spiro atoms. The van der Waals surface area contributed by atoms with Crippen LogP contribution in [-0.2, 0) is 11.3 Å². The van der Waals surface area contributed by atoms with E-state index in [1.54, 1.807) is 0 Å². The van der Waals surface area contributed by atoms with Gasteiger partial charge in [0.05, 0.1) is 0 Å². The van der Waals surface area contributed by atoms with Crippen molar-refractivity contribution < 1.29 is 9.53 Å². The van der Waals surface area contributed by atoms with Crippen LogP contribution in [0.4, 0.5) is 4.79 Å². The van der Waals surface area contributed by atoms with E-state index >= 15 is 0 Å². The summed E-state index contributed by atoms with van der Waals surface area (Å²) < 4.78 is 6.18. The van der Waals surface area contributed by atoms with Gasteiger partial charge in [-0.2, -0.15) is 0 Å². The molecule has 1 unspecified atom stereocenters. The number of benzene rings is 1. The summed E-state index contributed by atoms with van der Waals surface area (Å²) in [6, 6.07) is 5.97. The lowest BCUT2D eigenvalue weighted by Crippen LogP contribution is -2.42. The zero-order valence-electron chi connectivity index (χ0n) is 13.5. The van der Waals surface area contributed by atoms with Gasteiger partial charge in [-0.25, -0.2) is 4.79 Å². The molecule has 124 valence electrons. The summed E-state index contributed by atoms with van der Waals surface area (Å²) >= 11 is 9.58. The quantitative estimate of drug-likeness (QED) is 0.751. The first kappa shape index (κ1) is 19.3. The summed E-state index contributed by atoms with van der Waals surface area (Å²) in [4.78, 5) is 11.7. The molecule has 2 N–H and O–H groups in total. The number of hydrogen-bond acceptors (Lipinski definition) is 3. The molecule has 0 aliphatic rings. The van der Waals surface area contributed by atoms with Crippen molar-refractivity contribution >= 4 is 33.6 Å². The Labute approximate surface area is 146 Å². The molecule has 0 saturated carbocycles. The van der Waals surface area contributed by atoms with Gasteiger partial charge >= 0.3 is 6.09 Å². The standard InChI is InChI=1S/C16H24BrClN2O2/c1-5-13(10-20-15(21)22-16(2,3)4)19-9-11-6-7-12(17)8-14(11)18/h6-8,13,19H,5,9-10H2,1-4H3,(H,20,21). The Kier molecular flexibility index (Phi) is 7.66. The van der Waals surface area contributed by atoms with Crippen LogP contribution in [0.5, 0.6) is 0 Å². The molecule has 0 bridgehead atoms. The van der Waals surface area contributed by atoms with Crippen LogP contribution in [0.25, 0.3) is 0 Å². The number of rotatable bonds is 6. The van der Waals surface area contributed by atoms with Crippen LogP contribution >= 0.6 is 27.5 Å². The Balaban J connectivity index is 2.43. The molecule has 1 amide bonds. The maximum Gasteiger partial charge on any atom is 0.407 e. The molecule has 6 heteroatoms. The fourth-order valence-corrected chi connectivity index (χ4v) is 2.54. The van der Waals surface area contributed by atoms with Crippen LogP contribution in [0.1, 0.15) is 39.7 Å². The van der Waals surface area contributed by atoms with E-state index in [2.05, 4.69) is 33.5 Å². The van der Waals surface area contributed by atoms with Crippen LogP contribution in [0.3, 0.4) is 0 Å². The third-order valence-corrected chi connectivity index (χ3v) is 3.83. The van der Waals surface area contributed by atoms with Gasteiger partial charge in [0.15, 0.2) is 0 Å². The van der Waals surface area contributed by atoms with E-state index in [9.17, 15) is 4.79 Å². The Bertz CT molecular complexity index is 503. The maximum absolute atomic E-state index is 11.7. The van der Waals surface area contributed by atoms with Crippen LogP contribution in [0, 0.1) is 0 Å². The molecular weight excluding hydrogens is 368 g/mol. The molecule has 1 aromatic carbocycles. The van der Waals surface area contributed by atoms with E-state index in [0.717, 1.165) is 21.5 Å². The van der Waals surface area contributed by atoms with E-state index in [0.29, 0.717) is 13.1 Å². The van der Waals surface area contributed by atoms with Crippen LogP contribution < -0.4 is 10.6 Å². The van der Waals surface area contributed by atoms with Crippen molar-refractivity contribution in [2.75, 3.05) is 6.54 Å². The zero-order chi connectivity index (χ0) is 16.8. The summed E-state index contributed by atoms with van der Waals surface area (Å²) in [6.45, 7) is 8.77. The van der Waals surface area contributed by atoms with Crippen LogP contribution in [0.15, 0.2) is 22.7 Å². The molecule has 0 aromatic heterocycles. The number of nitrogens with one attached hydrogen (secondary N) is 2. The monoisotopic (exact) mass is 390 g/mol. The average Bonchev–Trinajstić information content (AvgIpc) is 2.38. The third kappa shape index (κ3) is 7.47. The van der Waals surface area contributed by atoms with Crippen LogP contribution in [-0.4, -0.2) is 24.3 Å². The molecule has 1 aromatic rings. The number of amides is 1. The second-order valence-electron chi connectivity index (χ2n) is 6.10. The number of carbonyl (C=O) groups excluding carboxylic acids is 1. The van der Waals surface area contributed by atoms with E-state index < -0.39 is 11.7 Å². The highest BCUT2D eigenvalue weighted by atomic mass is 79.9. The van der Waals surface area contributed by atoms with Crippen LogP contribution in [0.2, 0.25) is 5.02 Å². The highest BCUT2D eigenvalue weighted by Gasteiger charge is 2.17. The number of halogens is 2. The molecule has 4 nitrogen and oxygen atoms in total. The largest absolute Gasteiger partial charge is 0.444 e. The molecule has 0 heterocycles. The van der Waals surface area contributed by atoms with Crippen molar-refractivity contribution in [2.24, 2.45) is 0 Å². The molecular formula is C16H24BrClN2O2. The topological polar surface area (TPSA) is 50.4 Å². The zero-order valence-corrected chi connectivity index (χ0v) is 15.8. The average molecular weight is 392 g/mol. The summed E-state index contributed by atoms with van der Waals surface area (Å²) in [7, 11) is 0. The van der Waals surface area contributed by atoms with Crippen molar-refractivity contribution in [2.45, 2.75) is 52.3 Å². The van der Waals surface area contributed by atoms with Gasteiger partial charge in [0.1, 0.15) is 5.60 Å². The summed E-state index contributed by atoms with van der Waals surface area (Å²) in [5.74, 6) is 0.